The van der Waals surface area contributed by atoms with Crippen molar-refractivity contribution in [2.75, 3.05) is 13.3 Å². The summed E-state index contributed by atoms with van der Waals surface area (Å²) in [4.78, 5) is 11.1. The molecule has 1 atom stereocenters. The summed E-state index contributed by atoms with van der Waals surface area (Å²) < 4.78 is 17.0. The highest BCUT2D eigenvalue weighted by Crippen LogP contribution is 2.13. The Morgan fingerprint density at radius 1 is 1.47 bits per heavy atom. The molecule has 88 valence electrons. The molecule has 0 rings (SSSR count). The van der Waals surface area contributed by atoms with Crippen LogP contribution in [0.4, 0.5) is 4.39 Å². The molecule has 0 spiro atoms. The van der Waals surface area contributed by atoms with Gasteiger partial charge in [-0.3, -0.25) is 0 Å². The number of hydrogen-bond donors (Lipinski definition) is 0. The minimum Gasteiger partial charge on any atom is -0.462 e. The third kappa shape index (κ3) is 6.26. The summed E-state index contributed by atoms with van der Waals surface area (Å²) in [5, 5.41) is 0. The third-order valence-corrected chi connectivity index (χ3v) is 2.44. The fourth-order valence-electron chi connectivity index (χ4n) is 1.25. The van der Waals surface area contributed by atoms with Crippen molar-refractivity contribution in [1.82, 2.24) is 0 Å². The van der Waals surface area contributed by atoms with E-state index in [-0.39, 0.29) is 5.57 Å². The fourth-order valence-corrected chi connectivity index (χ4v) is 1.25. The van der Waals surface area contributed by atoms with Crippen LogP contribution >= 0.6 is 0 Å². The van der Waals surface area contributed by atoms with Crippen LogP contribution in [0.25, 0.3) is 0 Å². The van der Waals surface area contributed by atoms with Gasteiger partial charge in [-0.15, -0.1) is 0 Å². The van der Waals surface area contributed by atoms with Gasteiger partial charge in [0.05, 0.1) is 12.2 Å². The van der Waals surface area contributed by atoms with Gasteiger partial charge in [-0.1, -0.05) is 39.7 Å². The lowest BCUT2D eigenvalue weighted by Crippen LogP contribution is -2.15. The van der Waals surface area contributed by atoms with E-state index < -0.39 is 12.6 Å². The van der Waals surface area contributed by atoms with Crippen molar-refractivity contribution < 1.29 is 13.9 Å². The molecule has 0 aromatic carbocycles. The summed E-state index contributed by atoms with van der Waals surface area (Å²) in [6, 6.07) is 0. The first kappa shape index (κ1) is 14.1. The highest BCUT2D eigenvalue weighted by atomic mass is 19.1. The van der Waals surface area contributed by atoms with Gasteiger partial charge >= 0.3 is 5.97 Å². The molecule has 0 aliphatic heterocycles. The zero-order valence-electron chi connectivity index (χ0n) is 9.72. The van der Waals surface area contributed by atoms with E-state index >= 15 is 0 Å². The average molecular weight is 216 g/mol. The lowest BCUT2D eigenvalue weighted by Gasteiger charge is -2.14. The fraction of sp³-hybridized carbons (Fsp3) is 0.750. The Morgan fingerprint density at radius 2 is 2.13 bits per heavy atom. The molecule has 0 aliphatic carbocycles. The Kier molecular flexibility index (Phi) is 7.96. The van der Waals surface area contributed by atoms with Crippen LogP contribution in [0.5, 0.6) is 0 Å². The molecule has 0 fully saturated rings. The minimum atomic E-state index is -0.829. The average Bonchev–Trinajstić information content (AvgIpc) is 2.27. The van der Waals surface area contributed by atoms with Gasteiger partial charge in [0.15, 0.2) is 0 Å². The molecule has 3 heteroatoms. The third-order valence-electron chi connectivity index (χ3n) is 2.44. The molecule has 0 aromatic rings. The van der Waals surface area contributed by atoms with Crippen LogP contribution in [0, 0.1) is 5.92 Å². The van der Waals surface area contributed by atoms with Crippen LogP contribution in [0.1, 0.15) is 39.5 Å². The van der Waals surface area contributed by atoms with Gasteiger partial charge in [-0.2, -0.15) is 0 Å². The summed E-state index contributed by atoms with van der Waals surface area (Å²) in [5.74, 6) is -0.214. The van der Waals surface area contributed by atoms with E-state index in [1.165, 1.54) is 0 Å². The Balaban J connectivity index is 3.79. The van der Waals surface area contributed by atoms with Gasteiger partial charge in [0.25, 0.3) is 0 Å². The van der Waals surface area contributed by atoms with Crippen LogP contribution in [-0.2, 0) is 9.53 Å². The Bertz CT molecular complexity index is 202. The highest BCUT2D eigenvalue weighted by Gasteiger charge is 2.12. The normalized spacial score (nSPS) is 12.2. The maximum Gasteiger partial charge on any atom is 0.336 e. The van der Waals surface area contributed by atoms with Crippen molar-refractivity contribution >= 4 is 5.97 Å². The van der Waals surface area contributed by atoms with Crippen LogP contribution in [0.2, 0.25) is 0 Å². The number of unbranched alkanes of at least 4 members (excludes halogenated alkanes) is 1. The van der Waals surface area contributed by atoms with Crippen LogP contribution in [-0.4, -0.2) is 19.3 Å². The number of carbonyl (C=O) groups excluding carboxylic acids is 1. The summed E-state index contributed by atoms with van der Waals surface area (Å²) in [7, 11) is 0. The van der Waals surface area contributed by atoms with Crippen molar-refractivity contribution in [3.05, 3.63) is 12.2 Å². The van der Waals surface area contributed by atoms with Gasteiger partial charge in [0.1, 0.15) is 6.67 Å². The van der Waals surface area contributed by atoms with Crippen molar-refractivity contribution in [2.24, 2.45) is 5.92 Å². The number of hydrogen-bond acceptors (Lipinski definition) is 2. The quantitative estimate of drug-likeness (QED) is 0.460. The standard InChI is InChI=1S/C12H21FO2/c1-4-6-7-11(5-2)9-15-12(14)10(3)8-13/h11H,3-9H2,1-2H3. The molecule has 1 unspecified atom stereocenters. The monoisotopic (exact) mass is 216 g/mol. The Labute approximate surface area is 91.5 Å². The first-order chi connectivity index (χ1) is 7.15. The van der Waals surface area contributed by atoms with Crippen LogP contribution in [0.15, 0.2) is 12.2 Å². The van der Waals surface area contributed by atoms with E-state index in [9.17, 15) is 9.18 Å². The largest absolute Gasteiger partial charge is 0.462 e. The zero-order chi connectivity index (χ0) is 11.7. The summed E-state index contributed by atoms with van der Waals surface area (Å²) in [6.45, 7) is 7.04. The molecule has 15 heavy (non-hydrogen) atoms. The molecule has 0 bridgehead atoms. The van der Waals surface area contributed by atoms with Gasteiger partial charge < -0.3 is 4.74 Å². The second-order valence-corrected chi connectivity index (χ2v) is 3.75. The first-order valence-corrected chi connectivity index (χ1v) is 5.56. The van der Waals surface area contributed by atoms with E-state index in [0.29, 0.717) is 12.5 Å². The van der Waals surface area contributed by atoms with Crippen LogP contribution < -0.4 is 0 Å². The van der Waals surface area contributed by atoms with Crippen molar-refractivity contribution in [3.63, 3.8) is 0 Å². The highest BCUT2D eigenvalue weighted by molar-refractivity contribution is 5.87. The van der Waals surface area contributed by atoms with Gasteiger partial charge in [-0.25, -0.2) is 9.18 Å². The Hall–Kier alpha value is -0.860. The van der Waals surface area contributed by atoms with Gasteiger partial charge in [-0.05, 0) is 12.3 Å². The maximum atomic E-state index is 12.0. The molecule has 0 saturated heterocycles. The number of carbonyl (C=O) groups is 1. The summed E-state index contributed by atoms with van der Waals surface area (Å²) >= 11 is 0. The molecule has 2 nitrogen and oxygen atoms in total. The predicted molar refractivity (Wildman–Crippen MR) is 59.4 cm³/mol. The molecule has 0 radical (unpaired) electrons. The van der Waals surface area contributed by atoms with E-state index in [2.05, 4.69) is 20.4 Å². The van der Waals surface area contributed by atoms with Crippen molar-refractivity contribution in [3.8, 4) is 0 Å². The smallest absolute Gasteiger partial charge is 0.336 e. The number of ether oxygens (including phenoxy) is 1. The summed E-state index contributed by atoms with van der Waals surface area (Å²) in [6.07, 6.45) is 4.32. The first-order valence-electron chi connectivity index (χ1n) is 5.56. The van der Waals surface area contributed by atoms with E-state index in [0.717, 1.165) is 25.7 Å². The SMILES string of the molecule is C=C(CF)C(=O)OCC(CC)CCCC. The summed E-state index contributed by atoms with van der Waals surface area (Å²) in [5.41, 5.74) is -0.0969. The zero-order valence-corrected chi connectivity index (χ0v) is 9.72. The number of esters is 1. The molecule has 0 heterocycles. The van der Waals surface area contributed by atoms with E-state index in [1.807, 2.05) is 0 Å². The second kappa shape index (κ2) is 8.45. The van der Waals surface area contributed by atoms with Crippen molar-refractivity contribution in [2.45, 2.75) is 39.5 Å². The van der Waals surface area contributed by atoms with Gasteiger partial charge in [0, 0.05) is 0 Å². The molecular formula is C12H21FO2. The topological polar surface area (TPSA) is 26.3 Å². The molecular weight excluding hydrogens is 195 g/mol. The van der Waals surface area contributed by atoms with E-state index in [1.54, 1.807) is 0 Å². The molecule has 0 amide bonds. The molecule has 0 aliphatic rings. The van der Waals surface area contributed by atoms with E-state index in [4.69, 9.17) is 4.74 Å². The maximum absolute atomic E-state index is 12.0. The number of rotatable bonds is 8. The van der Waals surface area contributed by atoms with Crippen molar-refractivity contribution in [1.29, 1.82) is 0 Å². The Morgan fingerprint density at radius 3 is 2.60 bits per heavy atom. The number of alkyl halides is 1. The molecule has 0 aromatic heterocycles. The second-order valence-electron chi connectivity index (χ2n) is 3.75. The van der Waals surface area contributed by atoms with Gasteiger partial charge in [0.2, 0.25) is 0 Å². The minimum absolute atomic E-state index is 0.0969. The van der Waals surface area contributed by atoms with Crippen LogP contribution in [0.3, 0.4) is 0 Å². The lowest BCUT2D eigenvalue weighted by molar-refractivity contribution is -0.140. The predicted octanol–water partition coefficient (Wildman–Crippen LogP) is 3.27. The number of halogens is 1. The lowest BCUT2D eigenvalue weighted by atomic mass is 10.0. The molecule has 0 saturated carbocycles. The molecule has 0 N–H and O–H groups in total.